The first kappa shape index (κ1) is 26.0. The maximum atomic E-state index is 13.6. The summed E-state index contributed by atoms with van der Waals surface area (Å²) in [7, 11) is 0. The van der Waals surface area contributed by atoms with Crippen LogP contribution in [0.2, 0.25) is 0 Å². The summed E-state index contributed by atoms with van der Waals surface area (Å²) in [4.78, 5) is 13.6. The summed E-state index contributed by atoms with van der Waals surface area (Å²) in [5, 5.41) is 12.4. The van der Waals surface area contributed by atoms with Crippen molar-refractivity contribution in [2.75, 3.05) is 0 Å². The Kier molecular flexibility index (Phi) is 9.93. The van der Waals surface area contributed by atoms with Crippen LogP contribution >= 0.6 is 0 Å². The lowest BCUT2D eigenvalue weighted by Crippen LogP contribution is -2.30. The van der Waals surface area contributed by atoms with E-state index < -0.39 is 0 Å². The molecular weight excluding hydrogens is 432 g/mol. The molecule has 0 aliphatic carbocycles. The fourth-order valence-corrected chi connectivity index (χ4v) is 4.21. The second-order valence-corrected chi connectivity index (χ2v) is 9.40. The summed E-state index contributed by atoms with van der Waals surface area (Å²) in [6.45, 7) is 6.89. The highest BCUT2D eigenvalue weighted by Gasteiger charge is 2.20. The van der Waals surface area contributed by atoms with Gasteiger partial charge in [0.15, 0.2) is 0 Å². The van der Waals surface area contributed by atoms with Crippen molar-refractivity contribution in [2.24, 2.45) is 5.92 Å². The number of nitrogens with zero attached hydrogens (tertiary/aromatic N) is 1. The van der Waals surface area contributed by atoms with E-state index in [1.165, 1.54) is 5.56 Å². The molecule has 0 aliphatic rings. The third-order valence-electron chi connectivity index (χ3n) is 6.01. The third kappa shape index (κ3) is 8.00. The average molecular weight is 469 g/mol. The topological polar surface area (TPSA) is 62.1 Å². The summed E-state index contributed by atoms with van der Waals surface area (Å²) < 4.78 is 5.90. The van der Waals surface area contributed by atoms with Gasteiger partial charge >= 0.3 is 0 Å². The normalized spacial score (nSPS) is 11.6. The Bertz CT molecular complexity index is 1110. The minimum atomic E-state index is -0.109. The van der Waals surface area contributed by atoms with Gasteiger partial charge in [0.05, 0.1) is 12.1 Å². The number of hydrogen-bond donors (Lipinski definition) is 1. The summed E-state index contributed by atoms with van der Waals surface area (Å²) in [5.74, 6) is 1.11. The molecule has 0 radical (unpaired) electrons. The van der Waals surface area contributed by atoms with Crippen molar-refractivity contribution >= 4 is 5.91 Å². The molecule has 0 saturated heterocycles. The Morgan fingerprint density at radius 1 is 0.971 bits per heavy atom. The fraction of sp³-hybridized carbons (Fsp3) is 0.355. The first-order valence-electron chi connectivity index (χ1n) is 12.6. The molecule has 0 fully saturated rings. The van der Waals surface area contributed by atoms with Crippen LogP contribution in [-0.4, -0.2) is 5.91 Å². The van der Waals surface area contributed by atoms with Crippen molar-refractivity contribution in [3.05, 3.63) is 101 Å². The van der Waals surface area contributed by atoms with E-state index >= 15 is 0 Å². The molecule has 1 atom stereocenters. The van der Waals surface area contributed by atoms with Gasteiger partial charge in [0, 0.05) is 12.0 Å². The van der Waals surface area contributed by atoms with E-state index in [4.69, 9.17) is 10.00 Å². The zero-order chi connectivity index (χ0) is 25.0. The van der Waals surface area contributed by atoms with E-state index in [1.54, 1.807) is 0 Å². The fourth-order valence-electron chi connectivity index (χ4n) is 4.21. The summed E-state index contributed by atoms with van der Waals surface area (Å²) in [5.41, 5.74) is 4.86. The average Bonchev–Trinajstić information content (AvgIpc) is 2.87. The summed E-state index contributed by atoms with van der Waals surface area (Å²) in [6.07, 6.45) is 3.93. The zero-order valence-electron chi connectivity index (χ0n) is 21.1. The third-order valence-corrected chi connectivity index (χ3v) is 6.01. The number of rotatable bonds is 12. The first-order chi connectivity index (χ1) is 17.0. The van der Waals surface area contributed by atoms with Crippen molar-refractivity contribution < 1.29 is 9.53 Å². The second kappa shape index (κ2) is 13.3. The molecule has 4 heteroatoms. The van der Waals surface area contributed by atoms with Crippen LogP contribution in [0.4, 0.5) is 0 Å². The van der Waals surface area contributed by atoms with Crippen LogP contribution in [0, 0.1) is 17.2 Å². The van der Waals surface area contributed by atoms with E-state index in [1.807, 2.05) is 48.5 Å². The standard InChI is InChI=1S/C31H36N2O2/c1-4-9-24-13-17-27(18-14-24)30(20-23(2)3)33-31(34)29-21-25(15-16-26(29)10-8-19-32)22-35-28-11-6-5-7-12-28/h5-7,11-18,21,23,30H,4,8-10,20,22H2,1-3H3,(H,33,34). The molecule has 1 amide bonds. The number of carbonyl (C=O) groups excluding carboxylic acids is 1. The van der Waals surface area contributed by atoms with Crippen LogP contribution in [0.15, 0.2) is 72.8 Å². The molecule has 182 valence electrons. The quantitative estimate of drug-likeness (QED) is 0.306. The Labute approximate surface area is 210 Å². The number of ether oxygens (including phenoxy) is 1. The zero-order valence-corrected chi connectivity index (χ0v) is 21.1. The number of para-hydroxylation sites is 1. The van der Waals surface area contributed by atoms with Crippen molar-refractivity contribution in [3.8, 4) is 11.8 Å². The highest BCUT2D eigenvalue weighted by atomic mass is 16.5. The van der Waals surface area contributed by atoms with Crippen molar-refractivity contribution in [3.63, 3.8) is 0 Å². The lowest BCUT2D eigenvalue weighted by atomic mass is 9.94. The van der Waals surface area contributed by atoms with Crippen LogP contribution in [-0.2, 0) is 19.4 Å². The van der Waals surface area contributed by atoms with E-state index in [-0.39, 0.29) is 11.9 Å². The molecule has 0 aromatic heterocycles. The Morgan fingerprint density at radius 2 is 1.69 bits per heavy atom. The number of carbonyl (C=O) groups is 1. The highest BCUT2D eigenvalue weighted by Crippen LogP contribution is 2.24. The maximum absolute atomic E-state index is 13.6. The molecule has 0 saturated carbocycles. The van der Waals surface area contributed by atoms with Gasteiger partial charge < -0.3 is 10.1 Å². The van der Waals surface area contributed by atoms with Crippen LogP contribution in [0.3, 0.4) is 0 Å². The number of aryl methyl sites for hydroxylation is 2. The van der Waals surface area contributed by atoms with Gasteiger partial charge in [-0.2, -0.15) is 5.26 Å². The summed E-state index contributed by atoms with van der Waals surface area (Å²) in [6, 6.07) is 26.2. The van der Waals surface area contributed by atoms with Crippen LogP contribution < -0.4 is 10.1 Å². The maximum Gasteiger partial charge on any atom is 0.252 e. The molecular formula is C31H36N2O2. The summed E-state index contributed by atoms with van der Waals surface area (Å²) >= 11 is 0. The molecule has 1 N–H and O–H groups in total. The molecule has 0 aliphatic heterocycles. The van der Waals surface area contributed by atoms with Crippen LogP contribution in [0.25, 0.3) is 0 Å². The molecule has 0 heterocycles. The minimum Gasteiger partial charge on any atom is -0.489 e. The van der Waals surface area contributed by atoms with E-state index in [9.17, 15) is 4.79 Å². The molecule has 4 nitrogen and oxygen atoms in total. The Balaban J connectivity index is 1.82. The number of nitriles is 1. The largest absolute Gasteiger partial charge is 0.489 e. The molecule has 3 rings (SSSR count). The van der Waals surface area contributed by atoms with Crippen LogP contribution in [0.5, 0.6) is 5.75 Å². The Morgan fingerprint density at radius 3 is 2.34 bits per heavy atom. The van der Waals surface area contributed by atoms with Gasteiger partial charge in [-0.1, -0.05) is 81.8 Å². The van der Waals surface area contributed by atoms with E-state index in [0.717, 1.165) is 41.7 Å². The van der Waals surface area contributed by atoms with Gasteiger partial charge in [0.2, 0.25) is 0 Å². The van der Waals surface area contributed by atoms with Gasteiger partial charge in [0.1, 0.15) is 12.4 Å². The van der Waals surface area contributed by atoms with E-state index in [2.05, 4.69) is 56.4 Å². The Hall–Kier alpha value is -3.58. The lowest BCUT2D eigenvalue weighted by molar-refractivity contribution is 0.0931. The number of hydrogen-bond acceptors (Lipinski definition) is 3. The van der Waals surface area contributed by atoms with Crippen LogP contribution in [0.1, 0.15) is 78.7 Å². The van der Waals surface area contributed by atoms with Gasteiger partial charge in [-0.3, -0.25) is 4.79 Å². The van der Waals surface area contributed by atoms with Gasteiger partial charge in [-0.15, -0.1) is 0 Å². The number of amides is 1. The monoisotopic (exact) mass is 468 g/mol. The lowest BCUT2D eigenvalue weighted by Gasteiger charge is -2.22. The van der Waals surface area contributed by atoms with Crippen molar-refractivity contribution in [1.29, 1.82) is 5.26 Å². The highest BCUT2D eigenvalue weighted by molar-refractivity contribution is 5.96. The van der Waals surface area contributed by atoms with Crippen molar-refractivity contribution in [1.82, 2.24) is 5.32 Å². The molecule has 1 unspecified atom stereocenters. The number of nitrogens with one attached hydrogen (secondary N) is 1. The molecule has 0 spiro atoms. The first-order valence-corrected chi connectivity index (χ1v) is 12.6. The molecule has 3 aromatic rings. The van der Waals surface area contributed by atoms with Gasteiger partial charge in [0.25, 0.3) is 5.91 Å². The van der Waals surface area contributed by atoms with Gasteiger partial charge in [-0.25, -0.2) is 0 Å². The van der Waals surface area contributed by atoms with Crippen molar-refractivity contribution in [2.45, 2.75) is 65.5 Å². The SMILES string of the molecule is CCCc1ccc(C(CC(C)C)NC(=O)c2cc(COc3ccccc3)ccc2CCC#N)cc1. The minimum absolute atomic E-state index is 0.0776. The smallest absolute Gasteiger partial charge is 0.252 e. The predicted octanol–water partition coefficient (Wildman–Crippen LogP) is 7.19. The number of benzene rings is 3. The molecule has 3 aromatic carbocycles. The second-order valence-electron chi connectivity index (χ2n) is 9.40. The molecule has 35 heavy (non-hydrogen) atoms. The molecule has 0 bridgehead atoms. The van der Waals surface area contributed by atoms with E-state index in [0.29, 0.717) is 30.9 Å². The predicted molar refractivity (Wildman–Crippen MR) is 141 cm³/mol. The van der Waals surface area contributed by atoms with Gasteiger partial charge in [-0.05, 0) is 65.6 Å².